The minimum Gasteiger partial charge on any atom is -0.496 e. The molecule has 0 aliphatic carbocycles. The number of rotatable bonds is 5. The molecule has 0 bridgehead atoms. The summed E-state index contributed by atoms with van der Waals surface area (Å²) in [5, 5.41) is 11.0. The third-order valence-electron chi connectivity index (χ3n) is 5.06. The molecule has 2 heterocycles. The highest BCUT2D eigenvalue weighted by atomic mass is 16.5. The van der Waals surface area contributed by atoms with Gasteiger partial charge < -0.3 is 14.7 Å². The Morgan fingerprint density at radius 1 is 1.31 bits per heavy atom. The van der Waals surface area contributed by atoms with Gasteiger partial charge in [0.1, 0.15) is 11.9 Å². The monoisotopic (exact) mass is 354 g/mol. The Morgan fingerprint density at radius 3 is 2.81 bits per heavy atom. The number of likely N-dealkylation sites (tertiary alicyclic amines) is 1. The minimum absolute atomic E-state index is 0.0560. The summed E-state index contributed by atoms with van der Waals surface area (Å²) in [6.07, 6.45) is 5.55. The van der Waals surface area contributed by atoms with E-state index >= 15 is 0 Å². The van der Waals surface area contributed by atoms with Crippen molar-refractivity contribution in [2.24, 2.45) is 0 Å². The Kier molecular flexibility index (Phi) is 5.89. The SMILES string of the molecule is COc1ccncc1[C@H](O)[C@H]1CCCCN1C(=O)Cc1ccc(C)cc1. The van der Waals surface area contributed by atoms with Crippen LogP contribution in [0.25, 0.3) is 0 Å². The molecule has 2 atom stereocenters. The molecule has 1 amide bonds. The number of pyridine rings is 1. The zero-order chi connectivity index (χ0) is 18.5. The Balaban J connectivity index is 1.78. The number of ether oxygens (including phenoxy) is 1. The number of benzene rings is 1. The second kappa shape index (κ2) is 8.32. The molecular formula is C21H26N2O3. The van der Waals surface area contributed by atoms with E-state index in [9.17, 15) is 9.90 Å². The molecule has 26 heavy (non-hydrogen) atoms. The average molecular weight is 354 g/mol. The molecule has 1 N–H and O–H groups in total. The van der Waals surface area contributed by atoms with E-state index < -0.39 is 6.10 Å². The van der Waals surface area contributed by atoms with Crippen molar-refractivity contribution in [3.63, 3.8) is 0 Å². The van der Waals surface area contributed by atoms with Crippen LogP contribution in [0.5, 0.6) is 5.75 Å². The van der Waals surface area contributed by atoms with Crippen LogP contribution in [-0.4, -0.2) is 40.6 Å². The molecule has 1 aliphatic rings. The van der Waals surface area contributed by atoms with E-state index in [1.165, 1.54) is 5.56 Å². The Hall–Kier alpha value is -2.40. The van der Waals surface area contributed by atoms with Crippen molar-refractivity contribution in [1.29, 1.82) is 0 Å². The second-order valence-corrected chi connectivity index (χ2v) is 6.88. The Bertz CT molecular complexity index is 745. The summed E-state index contributed by atoms with van der Waals surface area (Å²) >= 11 is 0. The lowest BCUT2D eigenvalue weighted by atomic mass is 9.92. The molecule has 0 saturated carbocycles. The number of hydrogen-bond acceptors (Lipinski definition) is 4. The topological polar surface area (TPSA) is 62.7 Å². The summed E-state index contributed by atoms with van der Waals surface area (Å²) in [5.41, 5.74) is 2.81. The zero-order valence-electron chi connectivity index (χ0n) is 15.4. The number of piperidine rings is 1. The molecule has 3 rings (SSSR count). The largest absolute Gasteiger partial charge is 0.496 e. The smallest absolute Gasteiger partial charge is 0.227 e. The number of aryl methyl sites for hydroxylation is 1. The maximum atomic E-state index is 12.9. The molecule has 1 aliphatic heterocycles. The van der Waals surface area contributed by atoms with Gasteiger partial charge in [0.2, 0.25) is 5.91 Å². The van der Waals surface area contributed by atoms with E-state index in [0.29, 0.717) is 24.3 Å². The maximum absolute atomic E-state index is 12.9. The normalized spacial score (nSPS) is 18.4. The van der Waals surface area contributed by atoms with Crippen molar-refractivity contribution >= 4 is 5.91 Å². The van der Waals surface area contributed by atoms with Gasteiger partial charge in [-0.15, -0.1) is 0 Å². The first-order valence-electron chi connectivity index (χ1n) is 9.11. The minimum atomic E-state index is -0.805. The van der Waals surface area contributed by atoms with Crippen molar-refractivity contribution in [3.8, 4) is 5.75 Å². The molecule has 5 nitrogen and oxygen atoms in total. The van der Waals surface area contributed by atoms with Gasteiger partial charge in [-0.2, -0.15) is 0 Å². The summed E-state index contributed by atoms with van der Waals surface area (Å²) in [5.74, 6) is 0.657. The van der Waals surface area contributed by atoms with Gasteiger partial charge in [-0.1, -0.05) is 29.8 Å². The molecule has 0 unspecified atom stereocenters. The first kappa shape index (κ1) is 18.4. The lowest BCUT2D eigenvalue weighted by Gasteiger charge is -2.39. The Labute approximate surface area is 154 Å². The van der Waals surface area contributed by atoms with Crippen LogP contribution in [0.2, 0.25) is 0 Å². The van der Waals surface area contributed by atoms with Crippen molar-refractivity contribution in [2.45, 2.75) is 44.8 Å². The number of hydrogen-bond donors (Lipinski definition) is 1. The lowest BCUT2D eigenvalue weighted by molar-refractivity contribution is -0.137. The summed E-state index contributed by atoms with van der Waals surface area (Å²) < 4.78 is 5.36. The number of amides is 1. The van der Waals surface area contributed by atoms with Gasteiger partial charge in [-0.3, -0.25) is 9.78 Å². The fourth-order valence-corrected chi connectivity index (χ4v) is 3.59. The molecule has 138 valence electrons. The predicted octanol–water partition coefficient (Wildman–Crippen LogP) is 3.06. The van der Waals surface area contributed by atoms with Gasteiger partial charge in [0, 0.05) is 24.5 Å². The van der Waals surface area contributed by atoms with Gasteiger partial charge in [-0.25, -0.2) is 0 Å². The first-order valence-corrected chi connectivity index (χ1v) is 9.11. The number of methoxy groups -OCH3 is 1. The van der Waals surface area contributed by atoms with Gasteiger partial charge in [-0.05, 0) is 37.8 Å². The zero-order valence-corrected chi connectivity index (χ0v) is 15.4. The van der Waals surface area contributed by atoms with E-state index in [4.69, 9.17) is 4.74 Å². The predicted molar refractivity (Wildman–Crippen MR) is 100.0 cm³/mol. The van der Waals surface area contributed by atoms with E-state index in [-0.39, 0.29) is 11.9 Å². The summed E-state index contributed by atoms with van der Waals surface area (Å²) in [6.45, 7) is 2.71. The molecule has 1 aromatic carbocycles. The average Bonchev–Trinajstić information content (AvgIpc) is 2.69. The molecule has 0 radical (unpaired) electrons. The number of carbonyl (C=O) groups is 1. The summed E-state index contributed by atoms with van der Waals surface area (Å²) in [7, 11) is 1.58. The highest BCUT2D eigenvalue weighted by Crippen LogP contribution is 2.33. The van der Waals surface area contributed by atoms with Crippen LogP contribution < -0.4 is 4.74 Å². The number of aromatic nitrogens is 1. The van der Waals surface area contributed by atoms with E-state index in [1.807, 2.05) is 36.1 Å². The number of nitrogens with zero attached hydrogens (tertiary/aromatic N) is 2. The van der Waals surface area contributed by atoms with Crippen LogP contribution in [0.4, 0.5) is 0 Å². The number of carbonyl (C=O) groups excluding carboxylic acids is 1. The van der Waals surface area contributed by atoms with Crippen LogP contribution in [0.15, 0.2) is 42.7 Å². The number of aliphatic hydroxyl groups is 1. The Morgan fingerprint density at radius 2 is 2.08 bits per heavy atom. The van der Waals surface area contributed by atoms with Crippen molar-refractivity contribution in [1.82, 2.24) is 9.88 Å². The third-order valence-corrected chi connectivity index (χ3v) is 5.06. The van der Waals surface area contributed by atoms with Crippen LogP contribution in [0.3, 0.4) is 0 Å². The fourth-order valence-electron chi connectivity index (χ4n) is 3.59. The van der Waals surface area contributed by atoms with Crippen LogP contribution in [0, 0.1) is 6.92 Å². The van der Waals surface area contributed by atoms with E-state index in [2.05, 4.69) is 4.98 Å². The van der Waals surface area contributed by atoms with Crippen LogP contribution >= 0.6 is 0 Å². The van der Waals surface area contributed by atoms with Gasteiger partial charge in [0.15, 0.2) is 0 Å². The second-order valence-electron chi connectivity index (χ2n) is 6.88. The molecule has 2 aromatic rings. The van der Waals surface area contributed by atoms with Crippen LogP contribution in [-0.2, 0) is 11.2 Å². The molecule has 5 heteroatoms. The molecule has 1 fully saturated rings. The maximum Gasteiger partial charge on any atom is 0.227 e. The van der Waals surface area contributed by atoms with Crippen molar-refractivity contribution in [3.05, 3.63) is 59.4 Å². The number of aliphatic hydroxyl groups excluding tert-OH is 1. The molecule has 0 spiro atoms. The first-order chi connectivity index (χ1) is 12.6. The van der Waals surface area contributed by atoms with E-state index in [0.717, 1.165) is 24.8 Å². The molecule has 1 aromatic heterocycles. The fraction of sp³-hybridized carbons (Fsp3) is 0.429. The lowest BCUT2D eigenvalue weighted by Crippen LogP contribution is -2.47. The third kappa shape index (κ3) is 4.05. The highest BCUT2D eigenvalue weighted by molar-refractivity contribution is 5.79. The van der Waals surface area contributed by atoms with E-state index in [1.54, 1.807) is 25.6 Å². The van der Waals surface area contributed by atoms with Gasteiger partial charge >= 0.3 is 0 Å². The van der Waals surface area contributed by atoms with Crippen LogP contribution in [0.1, 0.15) is 42.1 Å². The summed E-state index contributed by atoms with van der Waals surface area (Å²) in [6, 6.07) is 9.51. The standard InChI is InChI=1S/C21H26N2O3/c1-15-6-8-16(9-7-15)13-20(24)23-12-4-3-5-18(23)21(25)17-14-22-11-10-19(17)26-2/h6-11,14,18,21,25H,3-5,12-13H2,1-2H3/t18-,21+/m1/s1. The quantitative estimate of drug-likeness (QED) is 0.896. The molecular weight excluding hydrogens is 328 g/mol. The van der Waals surface area contributed by atoms with Crippen molar-refractivity contribution in [2.75, 3.05) is 13.7 Å². The van der Waals surface area contributed by atoms with Gasteiger partial charge in [0.05, 0.1) is 19.6 Å². The highest BCUT2D eigenvalue weighted by Gasteiger charge is 2.34. The summed E-state index contributed by atoms with van der Waals surface area (Å²) in [4.78, 5) is 18.9. The molecule has 1 saturated heterocycles. The van der Waals surface area contributed by atoms with Crippen molar-refractivity contribution < 1.29 is 14.6 Å². The van der Waals surface area contributed by atoms with Gasteiger partial charge in [0.25, 0.3) is 0 Å².